The smallest absolute Gasteiger partial charge is 0.126 e. The first-order chi connectivity index (χ1) is 14.5. The molecule has 0 aromatic carbocycles. The van der Waals surface area contributed by atoms with Crippen LogP contribution in [0.25, 0.3) is 11.3 Å². The van der Waals surface area contributed by atoms with Gasteiger partial charge in [0.2, 0.25) is 0 Å². The molecule has 2 aromatic rings. The summed E-state index contributed by atoms with van der Waals surface area (Å²) in [7, 11) is 0. The molecule has 5 aliphatic rings. The van der Waals surface area contributed by atoms with Gasteiger partial charge >= 0.3 is 0 Å². The number of nitrogen functional groups attached to an aromatic ring is 1. The summed E-state index contributed by atoms with van der Waals surface area (Å²) in [6.07, 6.45) is 10.3. The van der Waals surface area contributed by atoms with E-state index in [1.807, 2.05) is 13.1 Å². The van der Waals surface area contributed by atoms with Gasteiger partial charge in [0.15, 0.2) is 0 Å². The van der Waals surface area contributed by atoms with E-state index in [-0.39, 0.29) is 12.2 Å². The van der Waals surface area contributed by atoms with Gasteiger partial charge in [-0.05, 0) is 50.7 Å². The summed E-state index contributed by atoms with van der Waals surface area (Å²) in [6.45, 7) is 6.53. The van der Waals surface area contributed by atoms with Gasteiger partial charge in [0.1, 0.15) is 18.3 Å². The quantitative estimate of drug-likeness (QED) is 0.793. The lowest BCUT2D eigenvalue weighted by Crippen LogP contribution is -2.80. The monoisotopic (exact) mass is 410 g/mol. The molecule has 7 heteroatoms. The lowest BCUT2D eigenvalue weighted by atomic mass is 9.43. The molecule has 5 fully saturated rings. The molecule has 1 saturated heterocycles. The number of halogens is 1. The molecule has 2 N–H and O–H groups in total. The lowest BCUT2D eigenvalue weighted by molar-refractivity contribution is -0.214. The van der Waals surface area contributed by atoms with Crippen LogP contribution in [0.15, 0.2) is 18.5 Å². The van der Waals surface area contributed by atoms with Crippen LogP contribution >= 0.6 is 0 Å². The van der Waals surface area contributed by atoms with Crippen molar-refractivity contribution in [2.75, 3.05) is 45.1 Å². The number of nitrogens with zero attached hydrogens (tertiary/aromatic N) is 5. The molecule has 0 spiro atoms. The van der Waals surface area contributed by atoms with Crippen LogP contribution in [0.2, 0.25) is 0 Å². The number of nitrogens with two attached hydrogens (primary N) is 1. The van der Waals surface area contributed by atoms with Gasteiger partial charge in [0, 0.05) is 62.1 Å². The third-order valence-electron chi connectivity index (χ3n) is 8.02. The number of aryl methyl sites for hydroxylation is 1. The molecule has 0 amide bonds. The predicted octanol–water partition coefficient (Wildman–Crippen LogP) is 2.93. The van der Waals surface area contributed by atoms with Gasteiger partial charge in [-0.2, -0.15) is 0 Å². The fraction of sp³-hybridized carbons (Fsp3) is 0.652. The van der Waals surface area contributed by atoms with Crippen molar-refractivity contribution < 1.29 is 4.39 Å². The van der Waals surface area contributed by atoms with Crippen LogP contribution < -0.4 is 5.73 Å². The molecular formula is C23H31FN6. The van der Waals surface area contributed by atoms with Crippen molar-refractivity contribution in [1.29, 1.82) is 0 Å². The minimum absolute atomic E-state index is 0.232. The van der Waals surface area contributed by atoms with Gasteiger partial charge in [-0.15, -0.1) is 0 Å². The van der Waals surface area contributed by atoms with Crippen molar-refractivity contribution in [3.05, 3.63) is 29.8 Å². The standard InChI is InChI=1S/C23H31FN6/c1-16-10-18(11-26-20(16)25)19-12-30(21(27-19)17-2-3-17)23-13-22(14-23,15-23)29-8-6-28(5-4-24)7-9-29/h10-12,17H,2-9,13-15H2,1H3,(H2,25,26). The van der Waals surface area contributed by atoms with Crippen LogP contribution in [0.4, 0.5) is 10.2 Å². The number of hydrogen-bond donors (Lipinski definition) is 1. The first-order valence-electron chi connectivity index (χ1n) is 11.4. The molecular weight excluding hydrogens is 379 g/mol. The zero-order valence-electron chi connectivity index (χ0n) is 17.8. The van der Waals surface area contributed by atoms with Gasteiger partial charge < -0.3 is 10.3 Å². The minimum atomic E-state index is -0.232. The molecule has 0 unspecified atom stereocenters. The maximum atomic E-state index is 12.6. The Balaban J connectivity index is 1.21. The Morgan fingerprint density at radius 2 is 1.87 bits per heavy atom. The fourth-order valence-corrected chi connectivity index (χ4v) is 6.11. The summed E-state index contributed by atoms with van der Waals surface area (Å²) in [6, 6.07) is 2.10. The number of pyridine rings is 1. The predicted molar refractivity (Wildman–Crippen MR) is 115 cm³/mol. The second-order valence-corrected chi connectivity index (χ2v) is 10.1. The summed E-state index contributed by atoms with van der Waals surface area (Å²) in [5.41, 5.74) is 9.66. The average Bonchev–Trinajstić information content (AvgIpc) is 3.43. The van der Waals surface area contributed by atoms with E-state index in [1.54, 1.807) is 0 Å². The molecule has 2 aromatic heterocycles. The zero-order valence-corrected chi connectivity index (χ0v) is 17.8. The highest BCUT2D eigenvalue weighted by Crippen LogP contribution is 2.69. The molecule has 0 radical (unpaired) electrons. The highest BCUT2D eigenvalue weighted by Gasteiger charge is 2.71. The van der Waals surface area contributed by atoms with Gasteiger partial charge in [-0.1, -0.05) is 0 Å². The van der Waals surface area contributed by atoms with Crippen LogP contribution in [0.3, 0.4) is 0 Å². The normalized spacial score (nSPS) is 31.4. The topological polar surface area (TPSA) is 63.2 Å². The highest BCUT2D eigenvalue weighted by molar-refractivity contribution is 5.61. The Morgan fingerprint density at radius 3 is 2.50 bits per heavy atom. The third-order valence-corrected chi connectivity index (χ3v) is 8.02. The molecule has 3 heterocycles. The van der Waals surface area contributed by atoms with E-state index in [2.05, 4.69) is 31.6 Å². The van der Waals surface area contributed by atoms with Gasteiger partial charge in [0.25, 0.3) is 0 Å². The van der Waals surface area contributed by atoms with E-state index in [1.165, 1.54) is 37.9 Å². The average molecular weight is 411 g/mol. The number of anilines is 1. The first-order valence-corrected chi connectivity index (χ1v) is 11.4. The largest absolute Gasteiger partial charge is 0.383 e. The Morgan fingerprint density at radius 1 is 1.13 bits per heavy atom. The molecule has 7 rings (SSSR count). The van der Waals surface area contributed by atoms with Crippen LogP contribution in [-0.4, -0.2) is 69.3 Å². The maximum absolute atomic E-state index is 12.6. The fourth-order valence-electron chi connectivity index (χ4n) is 6.11. The zero-order chi connectivity index (χ0) is 20.5. The van der Waals surface area contributed by atoms with Crippen LogP contribution in [-0.2, 0) is 5.54 Å². The Labute approximate surface area is 177 Å². The summed E-state index contributed by atoms with van der Waals surface area (Å²) in [4.78, 5) is 14.4. The van der Waals surface area contributed by atoms with E-state index in [0.29, 0.717) is 23.8 Å². The summed E-state index contributed by atoms with van der Waals surface area (Å²) < 4.78 is 15.2. The lowest BCUT2D eigenvalue weighted by Gasteiger charge is -2.75. The second-order valence-electron chi connectivity index (χ2n) is 10.1. The minimum Gasteiger partial charge on any atom is -0.383 e. The van der Waals surface area contributed by atoms with Gasteiger partial charge in [-0.25, -0.2) is 14.4 Å². The number of piperazine rings is 1. The molecule has 1 aliphatic heterocycles. The van der Waals surface area contributed by atoms with Crippen molar-refractivity contribution in [2.24, 2.45) is 0 Å². The van der Waals surface area contributed by atoms with E-state index < -0.39 is 0 Å². The van der Waals surface area contributed by atoms with Crippen molar-refractivity contribution in [2.45, 2.75) is 56.0 Å². The first kappa shape index (κ1) is 18.8. The van der Waals surface area contributed by atoms with Crippen molar-refractivity contribution in [3.8, 4) is 11.3 Å². The number of rotatable bonds is 6. The van der Waals surface area contributed by atoms with E-state index in [9.17, 15) is 4.39 Å². The molecule has 6 nitrogen and oxygen atoms in total. The molecule has 4 aliphatic carbocycles. The molecule has 0 atom stereocenters. The molecule has 2 bridgehead atoms. The van der Waals surface area contributed by atoms with Crippen molar-refractivity contribution in [1.82, 2.24) is 24.3 Å². The van der Waals surface area contributed by atoms with Crippen molar-refractivity contribution >= 4 is 5.82 Å². The SMILES string of the molecule is Cc1cc(-c2cn(C34CC(N5CCN(CCF)CC5)(C3)C4)c(C3CC3)n2)cnc1N. The number of aromatic nitrogens is 3. The van der Waals surface area contributed by atoms with Gasteiger partial charge in [0.05, 0.1) is 11.2 Å². The summed E-state index contributed by atoms with van der Waals surface area (Å²) >= 11 is 0. The van der Waals surface area contributed by atoms with Crippen LogP contribution in [0, 0.1) is 6.92 Å². The Bertz CT molecular complexity index is 952. The third kappa shape index (κ3) is 2.74. The van der Waals surface area contributed by atoms with E-state index in [4.69, 9.17) is 10.7 Å². The van der Waals surface area contributed by atoms with Crippen LogP contribution in [0.5, 0.6) is 0 Å². The second kappa shape index (κ2) is 6.50. The molecule has 4 saturated carbocycles. The molecule has 160 valence electrons. The Kier molecular flexibility index (Phi) is 4.06. The number of imidazole rings is 1. The van der Waals surface area contributed by atoms with Gasteiger partial charge in [-0.3, -0.25) is 9.80 Å². The summed E-state index contributed by atoms with van der Waals surface area (Å²) in [5, 5.41) is 0. The summed E-state index contributed by atoms with van der Waals surface area (Å²) in [5.74, 6) is 2.49. The highest BCUT2D eigenvalue weighted by atomic mass is 19.1. The van der Waals surface area contributed by atoms with E-state index >= 15 is 0 Å². The maximum Gasteiger partial charge on any atom is 0.126 e. The number of alkyl halides is 1. The number of hydrogen-bond acceptors (Lipinski definition) is 5. The van der Waals surface area contributed by atoms with Crippen molar-refractivity contribution in [3.63, 3.8) is 0 Å². The van der Waals surface area contributed by atoms with Crippen LogP contribution in [0.1, 0.15) is 49.4 Å². The van der Waals surface area contributed by atoms with E-state index in [0.717, 1.165) is 43.0 Å². The molecule has 30 heavy (non-hydrogen) atoms. The Hall–Kier alpha value is -1.99.